The second kappa shape index (κ2) is 11.2. The molecule has 0 aliphatic rings. The monoisotopic (exact) mass is 420 g/mol. The predicted octanol–water partition coefficient (Wildman–Crippen LogP) is 2.42. The molecule has 6 N–H and O–H groups in total. The molecule has 0 bridgehead atoms. The molecule has 2 rings (SSSR count). The molecule has 0 fully saturated rings. The molecule has 0 aliphatic carbocycles. The van der Waals surface area contributed by atoms with Crippen molar-refractivity contribution >= 4 is 0 Å². The largest absolute Gasteiger partial charge is 0.506 e. The average Bonchev–Trinajstić information content (AvgIpc) is 2.64. The first kappa shape index (κ1) is 25.8. The normalized spacial score (nSPS) is 13.9. The van der Waals surface area contributed by atoms with Gasteiger partial charge in [0.05, 0.1) is 24.2 Å². The van der Waals surface area contributed by atoms with Gasteiger partial charge in [0.1, 0.15) is 17.6 Å². The summed E-state index contributed by atoms with van der Waals surface area (Å²) in [4.78, 5) is 7.75. The molecule has 0 aliphatic heterocycles. The number of nitrogens with one attached hydrogen (secondary N) is 2. The highest BCUT2D eigenvalue weighted by Gasteiger charge is 2.15. The number of β-amino-alcohol motifs (C(OH)–C–C–N with tert-alkyl or cyclic N) is 2. The van der Waals surface area contributed by atoms with Crippen LogP contribution in [0.5, 0.6) is 11.5 Å². The summed E-state index contributed by atoms with van der Waals surface area (Å²) in [5, 5.41) is 44.2. The fourth-order valence-corrected chi connectivity index (χ4v) is 2.25. The van der Waals surface area contributed by atoms with Crippen molar-refractivity contribution in [3.05, 3.63) is 48.0 Å². The molecular formula is C22H36N4O4. The van der Waals surface area contributed by atoms with Crippen molar-refractivity contribution in [3.8, 4) is 11.5 Å². The van der Waals surface area contributed by atoms with E-state index < -0.39 is 12.2 Å². The Hall–Kier alpha value is -2.26. The molecule has 2 aromatic rings. The summed E-state index contributed by atoms with van der Waals surface area (Å²) in [6.07, 6.45) is 2.92. The molecule has 0 radical (unpaired) electrons. The maximum atomic E-state index is 9.79. The molecule has 168 valence electrons. The van der Waals surface area contributed by atoms with Crippen molar-refractivity contribution in [3.63, 3.8) is 0 Å². The third kappa shape index (κ3) is 11.1. The van der Waals surface area contributed by atoms with Crippen molar-refractivity contribution < 1.29 is 20.4 Å². The van der Waals surface area contributed by atoms with Gasteiger partial charge in [0, 0.05) is 35.9 Å². The van der Waals surface area contributed by atoms with Crippen LogP contribution in [-0.4, -0.2) is 54.6 Å². The molecule has 0 aromatic carbocycles. The van der Waals surface area contributed by atoms with Crippen LogP contribution in [0.2, 0.25) is 0 Å². The smallest absolute Gasteiger partial charge is 0.134 e. The lowest BCUT2D eigenvalue weighted by Crippen LogP contribution is -2.38. The number of rotatable bonds is 6. The molecule has 2 unspecified atom stereocenters. The minimum atomic E-state index is -0.649. The Morgan fingerprint density at radius 2 is 1.37 bits per heavy atom. The number of hydrogen-bond donors (Lipinski definition) is 6. The zero-order valence-electron chi connectivity index (χ0n) is 18.7. The summed E-state index contributed by atoms with van der Waals surface area (Å²) < 4.78 is 0. The molecule has 8 nitrogen and oxygen atoms in total. The predicted molar refractivity (Wildman–Crippen MR) is 117 cm³/mol. The van der Waals surface area contributed by atoms with Crippen LogP contribution in [0.4, 0.5) is 0 Å². The third-order valence-corrected chi connectivity index (χ3v) is 3.89. The van der Waals surface area contributed by atoms with Crippen LogP contribution < -0.4 is 10.6 Å². The fraction of sp³-hybridized carbons (Fsp3) is 0.545. The van der Waals surface area contributed by atoms with Crippen molar-refractivity contribution in [2.45, 2.75) is 64.8 Å². The zero-order chi connectivity index (χ0) is 22.9. The molecule has 2 aromatic heterocycles. The van der Waals surface area contributed by atoms with Gasteiger partial charge in [0.15, 0.2) is 0 Å². The lowest BCUT2D eigenvalue weighted by Gasteiger charge is -2.22. The first-order valence-corrected chi connectivity index (χ1v) is 9.92. The van der Waals surface area contributed by atoms with Crippen molar-refractivity contribution in [1.29, 1.82) is 0 Å². The Balaban J connectivity index is 0.000000300. The Bertz CT molecular complexity index is 755. The maximum absolute atomic E-state index is 9.79. The van der Waals surface area contributed by atoms with Crippen LogP contribution in [0, 0.1) is 0 Å². The minimum Gasteiger partial charge on any atom is -0.506 e. The average molecular weight is 421 g/mol. The van der Waals surface area contributed by atoms with Gasteiger partial charge in [0.25, 0.3) is 0 Å². The van der Waals surface area contributed by atoms with Gasteiger partial charge in [-0.05, 0) is 59.7 Å². The summed E-state index contributed by atoms with van der Waals surface area (Å²) in [5.41, 5.74) is 1.11. The van der Waals surface area contributed by atoms with E-state index in [1.165, 1.54) is 24.5 Å². The van der Waals surface area contributed by atoms with Crippen LogP contribution in [0.1, 0.15) is 65.0 Å². The highest BCUT2D eigenvalue weighted by atomic mass is 16.3. The number of nitrogens with zero attached hydrogens (tertiary/aromatic N) is 2. The van der Waals surface area contributed by atoms with E-state index in [0.717, 1.165) is 0 Å². The van der Waals surface area contributed by atoms with Gasteiger partial charge < -0.3 is 31.1 Å². The number of aliphatic hydroxyl groups is 2. The van der Waals surface area contributed by atoms with Gasteiger partial charge in [-0.2, -0.15) is 0 Å². The van der Waals surface area contributed by atoms with Gasteiger partial charge in [-0.25, -0.2) is 0 Å². The second-order valence-corrected chi connectivity index (χ2v) is 9.21. The SMILES string of the molecule is CC(C)(C)NCC(O)c1ccc(O)cn1.CC(C)(C)NCC(O)c1cncc(O)c1. The lowest BCUT2D eigenvalue weighted by atomic mass is 10.1. The first-order chi connectivity index (χ1) is 13.8. The van der Waals surface area contributed by atoms with Gasteiger partial charge in [0.2, 0.25) is 0 Å². The van der Waals surface area contributed by atoms with Crippen molar-refractivity contribution in [2.75, 3.05) is 13.1 Å². The van der Waals surface area contributed by atoms with Crippen LogP contribution in [0.15, 0.2) is 36.8 Å². The van der Waals surface area contributed by atoms with Crippen LogP contribution in [-0.2, 0) is 0 Å². The molecule has 2 heterocycles. The summed E-state index contributed by atoms with van der Waals surface area (Å²) in [7, 11) is 0. The van der Waals surface area contributed by atoms with Crippen molar-refractivity contribution in [1.82, 2.24) is 20.6 Å². The second-order valence-electron chi connectivity index (χ2n) is 9.21. The molecule has 0 saturated carbocycles. The third-order valence-electron chi connectivity index (χ3n) is 3.89. The summed E-state index contributed by atoms with van der Waals surface area (Å²) in [6.45, 7) is 13.1. The number of aromatic nitrogens is 2. The topological polar surface area (TPSA) is 131 Å². The fourth-order valence-electron chi connectivity index (χ4n) is 2.25. The maximum Gasteiger partial charge on any atom is 0.134 e. The lowest BCUT2D eigenvalue weighted by molar-refractivity contribution is 0.159. The van der Waals surface area contributed by atoms with Gasteiger partial charge in [-0.3, -0.25) is 9.97 Å². The number of hydrogen-bond acceptors (Lipinski definition) is 8. The van der Waals surface area contributed by atoms with E-state index >= 15 is 0 Å². The van der Waals surface area contributed by atoms with Gasteiger partial charge in [-0.1, -0.05) is 0 Å². The molecule has 8 heteroatoms. The molecule has 0 amide bonds. The van der Waals surface area contributed by atoms with Gasteiger partial charge >= 0.3 is 0 Å². The molecule has 0 saturated heterocycles. The Kier molecular flexibility index (Phi) is 9.64. The summed E-state index contributed by atoms with van der Waals surface area (Å²) >= 11 is 0. The van der Waals surface area contributed by atoms with Crippen LogP contribution >= 0.6 is 0 Å². The molecular weight excluding hydrogens is 384 g/mol. The van der Waals surface area contributed by atoms with E-state index in [9.17, 15) is 15.3 Å². The van der Waals surface area contributed by atoms with Crippen LogP contribution in [0.25, 0.3) is 0 Å². The van der Waals surface area contributed by atoms with E-state index in [-0.39, 0.29) is 22.6 Å². The van der Waals surface area contributed by atoms with Crippen LogP contribution in [0.3, 0.4) is 0 Å². The van der Waals surface area contributed by atoms with E-state index in [1.807, 2.05) is 41.5 Å². The number of aromatic hydroxyl groups is 2. The Morgan fingerprint density at radius 3 is 1.83 bits per heavy atom. The van der Waals surface area contributed by atoms with E-state index in [0.29, 0.717) is 24.3 Å². The van der Waals surface area contributed by atoms with Gasteiger partial charge in [-0.15, -0.1) is 0 Å². The Labute approximate surface area is 179 Å². The molecule has 0 spiro atoms. The minimum absolute atomic E-state index is 0.0299. The highest BCUT2D eigenvalue weighted by molar-refractivity contribution is 5.23. The van der Waals surface area contributed by atoms with E-state index in [1.54, 1.807) is 12.3 Å². The van der Waals surface area contributed by atoms with Crippen molar-refractivity contribution in [2.24, 2.45) is 0 Å². The molecule has 2 atom stereocenters. The van der Waals surface area contributed by atoms with E-state index in [4.69, 9.17) is 5.11 Å². The summed E-state index contributed by atoms with van der Waals surface area (Å²) in [6, 6.07) is 4.65. The molecule has 30 heavy (non-hydrogen) atoms. The van der Waals surface area contributed by atoms with E-state index in [2.05, 4.69) is 20.6 Å². The summed E-state index contributed by atoms with van der Waals surface area (Å²) in [5.74, 6) is 0.178. The standard InChI is InChI=1S/2C11H18N2O2/c1-11(2,3)13-7-10(15)8-4-9(14)6-12-5-8;1-11(2,3)13-7-10(15)9-5-4-8(14)6-12-9/h2*4-6,10,13-15H,7H2,1-3H3. The number of aliphatic hydroxyl groups excluding tert-OH is 2. The zero-order valence-corrected chi connectivity index (χ0v) is 18.7. The Morgan fingerprint density at radius 1 is 0.800 bits per heavy atom. The highest BCUT2D eigenvalue weighted by Crippen LogP contribution is 2.16. The first-order valence-electron chi connectivity index (χ1n) is 9.92. The quantitative estimate of drug-likeness (QED) is 0.420. The number of pyridine rings is 2.